The highest BCUT2D eigenvalue weighted by atomic mass is 16.2. The van der Waals surface area contributed by atoms with Gasteiger partial charge in [0.15, 0.2) is 5.78 Å². The second-order valence-electron chi connectivity index (χ2n) is 3.86. The van der Waals surface area contributed by atoms with Gasteiger partial charge in [-0.3, -0.25) is 18.7 Å². The number of nitrogens with zero attached hydrogens (tertiary/aromatic N) is 3. The fraction of sp³-hybridized carbons (Fsp3) is 0.273. The summed E-state index contributed by atoms with van der Waals surface area (Å²) < 4.78 is 2.27. The average molecular weight is 233 g/mol. The van der Waals surface area contributed by atoms with E-state index >= 15 is 0 Å². The van der Waals surface area contributed by atoms with Gasteiger partial charge in [0.05, 0.1) is 5.39 Å². The summed E-state index contributed by atoms with van der Waals surface area (Å²) in [6.45, 7) is 1.40. The maximum Gasteiger partial charge on any atom is 0.332 e. The number of pyridine rings is 1. The Balaban J connectivity index is 3.02. The van der Waals surface area contributed by atoms with Crippen molar-refractivity contribution in [3.63, 3.8) is 0 Å². The molecule has 0 N–H and O–H groups in total. The van der Waals surface area contributed by atoms with E-state index in [0.29, 0.717) is 5.56 Å². The highest BCUT2D eigenvalue weighted by molar-refractivity contribution is 5.96. The van der Waals surface area contributed by atoms with Crippen molar-refractivity contribution in [3.8, 4) is 0 Å². The summed E-state index contributed by atoms with van der Waals surface area (Å²) in [5, 5.41) is 0.266. The Kier molecular flexibility index (Phi) is 2.42. The number of fused-ring (bicyclic) bond motifs is 1. The van der Waals surface area contributed by atoms with Crippen LogP contribution in [0.3, 0.4) is 0 Å². The quantitative estimate of drug-likeness (QED) is 0.641. The zero-order valence-corrected chi connectivity index (χ0v) is 9.72. The minimum atomic E-state index is -0.446. The van der Waals surface area contributed by atoms with E-state index in [2.05, 4.69) is 4.98 Å². The first-order valence-corrected chi connectivity index (χ1v) is 5.00. The lowest BCUT2D eigenvalue weighted by Gasteiger charge is -2.06. The summed E-state index contributed by atoms with van der Waals surface area (Å²) >= 11 is 0. The largest absolute Gasteiger partial charge is 0.332 e. The van der Waals surface area contributed by atoms with Gasteiger partial charge >= 0.3 is 5.69 Å². The van der Waals surface area contributed by atoms with Crippen LogP contribution in [0.2, 0.25) is 0 Å². The third-order valence-electron chi connectivity index (χ3n) is 2.70. The number of carbonyl (C=O) groups excluding carboxylic acids is 1. The molecule has 0 saturated heterocycles. The number of Topliss-reactive ketones (excluding diaryl/α,β-unsaturated/α-hetero) is 1. The van der Waals surface area contributed by atoms with E-state index in [4.69, 9.17) is 0 Å². The van der Waals surface area contributed by atoms with Crippen LogP contribution >= 0.6 is 0 Å². The van der Waals surface area contributed by atoms with Gasteiger partial charge in [-0.15, -0.1) is 0 Å². The number of hydrogen-bond acceptors (Lipinski definition) is 4. The molecular weight excluding hydrogens is 222 g/mol. The van der Waals surface area contributed by atoms with Crippen molar-refractivity contribution in [1.29, 1.82) is 0 Å². The summed E-state index contributed by atoms with van der Waals surface area (Å²) in [5.41, 5.74) is -0.249. The van der Waals surface area contributed by atoms with Crippen LogP contribution in [0, 0.1) is 0 Å². The second kappa shape index (κ2) is 3.65. The lowest BCUT2D eigenvalue weighted by molar-refractivity contribution is 0.101. The SMILES string of the molecule is CC(=O)c1cnc2c(c1)c(=O)n(C)c(=O)n2C. The van der Waals surface area contributed by atoms with E-state index in [1.54, 1.807) is 0 Å². The number of rotatable bonds is 1. The monoisotopic (exact) mass is 233 g/mol. The molecule has 2 aromatic heterocycles. The molecule has 17 heavy (non-hydrogen) atoms. The van der Waals surface area contributed by atoms with Crippen molar-refractivity contribution in [2.75, 3.05) is 0 Å². The van der Waals surface area contributed by atoms with Crippen LogP contribution in [-0.4, -0.2) is 19.9 Å². The number of hydrogen-bond donors (Lipinski definition) is 0. The molecule has 2 aromatic rings. The van der Waals surface area contributed by atoms with Crippen LogP contribution in [0.15, 0.2) is 21.9 Å². The van der Waals surface area contributed by atoms with Gasteiger partial charge in [-0.1, -0.05) is 0 Å². The summed E-state index contributed by atoms with van der Waals surface area (Å²) in [5.74, 6) is -0.171. The third-order valence-corrected chi connectivity index (χ3v) is 2.70. The molecule has 0 spiro atoms. The van der Waals surface area contributed by atoms with Crippen molar-refractivity contribution >= 4 is 16.8 Å². The molecule has 0 aromatic carbocycles. The van der Waals surface area contributed by atoms with E-state index in [-0.39, 0.29) is 16.8 Å². The molecule has 0 aliphatic rings. The van der Waals surface area contributed by atoms with Gasteiger partial charge in [-0.25, -0.2) is 9.78 Å². The Labute approximate surface area is 96.1 Å². The van der Waals surface area contributed by atoms with Crippen LogP contribution in [0.4, 0.5) is 0 Å². The number of aromatic nitrogens is 3. The van der Waals surface area contributed by atoms with Gasteiger partial charge in [-0.2, -0.15) is 0 Å². The highest BCUT2D eigenvalue weighted by Gasteiger charge is 2.11. The molecule has 0 bridgehead atoms. The summed E-state index contributed by atoms with van der Waals surface area (Å²) in [7, 11) is 2.93. The lowest BCUT2D eigenvalue weighted by atomic mass is 10.2. The smallest absolute Gasteiger partial charge is 0.294 e. The van der Waals surface area contributed by atoms with Crippen LogP contribution in [0.5, 0.6) is 0 Å². The van der Waals surface area contributed by atoms with Crippen LogP contribution in [0.1, 0.15) is 17.3 Å². The second-order valence-corrected chi connectivity index (χ2v) is 3.86. The van der Waals surface area contributed by atoms with E-state index in [9.17, 15) is 14.4 Å². The molecule has 0 radical (unpaired) electrons. The predicted molar refractivity (Wildman–Crippen MR) is 62.2 cm³/mol. The Morgan fingerprint density at radius 2 is 1.88 bits per heavy atom. The number of aryl methyl sites for hydroxylation is 1. The van der Waals surface area contributed by atoms with E-state index in [1.165, 1.54) is 37.8 Å². The molecule has 88 valence electrons. The third kappa shape index (κ3) is 1.57. The van der Waals surface area contributed by atoms with Crippen molar-refractivity contribution in [2.24, 2.45) is 14.1 Å². The summed E-state index contributed by atoms with van der Waals surface area (Å²) in [6.07, 6.45) is 1.36. The Morgan fingerprint density at radius 1 is 1.24 bits per heavy atom. The predicted octanol–water partition coefficient (Wildman–Crippen LogP) is -0.165. The highest BCUT2D eigenvalue weighted by Crippen LogP contribution is 2.07. The van der Waals surface area contributed by atoms with Crippen molar-refractivity contribution in [3.05, 3.63) is 38.7 Å². The van der Waals surface area contributed by atoms with Gasteiger partial charge < -0.3 is 0 Å². The summed E-state index contributed by atoms with van der Waals surface area (Å²) in [6, 6.07) is 1.46. The van der Waals surface area contributed by atoms with E-state index < -0.39 is 11.2 Å². The topological polar surface area (TPSA) is 74.0 Å². The average Bonchev–Trinajstić information content (AvgIpc) is 2.32. The van der Waals surface area contributed by atoms with Gasteiger partial charge in [0.2, 0.25) is 0 Å². The van der Waals surface area contributed by atoms with Crippen molar-refractivity contribution in [2.45, 2.75) is 6.92 Å². The van der Waals surface area contributed by atoms with Crippen molar-refractivity contribution < 1.29 is 4.79 Å². The molecule has 2 rings (SSSR count). The molecule has 0 aliphatic heterocycles. The number of ketones is 1. The van der Waals surface area contributed by atoms with E-state index in [0.717, 1.165) is 4.57 Å². The fourth-order valence-electron chi connectivity index (χ4n) is 1.66. The Bertz CT molecular complexity index is 740. The lowest BCUT2D eigenvalue weighted by Crippen LogP contribution is -2.37. The van der Waals surface area contributed by atoms with Gasteiger partial charge in [0, 0.05) is 25.9 Å². The zero-order valence-electron chi connectivity index (χ0n) is 9.72. The first-order valence-electron chi connectivity index (χ1n) is 5.00. The van der Waals surface area contributed by atoms with Crippen LogP contribution in [-0.2, 0) is 14.1 Å². The Hall–Kier alpha value is -2.24. The molecule has 0 unspecified atom stereocenters. The molecule has 6 heteroatoms. The molecule has 6 nitrogen and oxygen atoms in total. The standard InChI is InChI=1S/C11H11N3O3/c1-6(15)7-4-8-9(12-5-7)13(2)11(17)14(3)10(8)16/h4-5H,1-3H3. The van der Waals surface area contributed by atoms with Crippen molar-refractivity contribution in [1.82, 2.24) is 14.1 Å². The van der Waals surface area contributed by atoms with E-state index in [1.807, 2.05) is 0 Å². The van der Waals surface area contributed by atoms with Crippen LogP contribution < -0.4 is 11.2 Å². The fourth-order valence-corrected chi connectivity index (χ4v) is 1.66. The molecule has 2 heterocycles. The Morgan fingerprint density at radius 3 is 2.47 bits per heavy atom. The zero-order chi connectivity index (χ0) is 12.7. The molecule has 0 atom stereocenters. The molecule has 0 amide bonds. The molecular formula is C11H11N3O3. The normalized spacial score (nSPS) is 10.8. The van der Waals surface area contributed by atoms with Gasteiger partial charge in [0.1, 0.15) is 5.65 Å². The minimum Gasteiger partial charge on any atom is -0.294 e. The maximum atomic E-state index is 11.9. The minimum absolute atomic E-state index is 0.171. The molecule has 0 fully saturated rings. The van der Waals surface area contributed by atoms with Crippen LogP contribution in [0.25, 0.3) is 11.0 Å². The molecule has 0 saturated carbocycles. The number of carbonyl (C=O) groups is 1. The van der Waals surface area contributed by atoms with Gasteiger partial charge in [0.25, 0.3) is 5.56 Å². The molecule has 0 aliphatic carbocycles. The maximum absolute atomic E-state index is 11.9. The first kappa shape index (κ1) is 11.3. The summed E-state index contributed by atoms with van der Waals surface area (Å²) in [4.78, 5) is 38.7. The first-order chi connectivity index (χ1) is 7.93. The van der Waals surface area contributed by atoms with Gasteiger partial charge in [-0.05, 0) is 13.0 Å².